The highest BCUT2D eigenvalue weighted by Gasteiger charge is 2.28. The summed E-state index contributed by atoms with van der Waals surface area (Å²) in [5.41, 5.74) is 3.48. The van der Waals surface area contributed by atoms with Gasteiger partial charge in [-0.1, -0.05) is 24.3 Å². The number of hydrogen-bond donors (Lipinski definition) is 1. The largest absolute Gasteiger partial charge is 0.352 e. The number of fused-ring (bicyclic) bond motifs is 1. The van der Waals surface area contributed by atoms with E-state index in [2.05, 4.69) is 20.9 Å². The number of carbonyl (C=O) groups excluding carboxylic acids is 3. The van der Waals surface area contributed by atoms with Crippen LogP contribution < -0.4 is 5.32 Å². The van der Waals surface area contributed by atoms with Crippen molar-refractivity contribution in [1.29, 1.82) is 0 Å². The molecule has 4 rings (SSSR count). The molecule has 30 heavy (non-hydrogen) atoms. The molecule has 0 unspecified atom stereocenters. The molecule has 0 spiro atoms. The fraction of sp³-hybridized carbons (Fsp3) is 0.304. The van der Waals surface area contributed by atoms with Crippen molar-refractivity contribution in [1.82, 2.24) is 19.8 Å². The zero-order chi connectivity index (χ0) is 21.1. The minimum atomic E-state index is -0.137. The van der Waals surface area contributed by atoms with Crippen LogP contribution in [0.4, 0.5) is 0 Å². The molecule has 2 aromatic carbocycles. The first-order chi connectivity index (χ1) is 14.5. The molecule has 0 atom stereocenters. The molecule has 0 saturated carbocycles. The van der Waals surface area contributed by atoms with Gasteiger partial charge in [0.2, 0.25) is 11.8 Å². The number of nitrogens with zero attached hydrogens (tertiary/aromatic N) is 3. The summed E-state index contributed by atoms with van der Waals surface area (Å²) in [5, 5.41) is 2.94. The Morgan fingerprint density at radius 1 is 1.03 bits per heavy atom. The molecule has 1 fully saturated rings. The first-order valence-corrected chi connectivity index (χ1v) is 10.1. The van der Waals surface area contributed by atoms with Gasteiger partial charge in [0.15, 0.2) is 0 Å². The van der Waals surface area contributed by atoms with Crippen LogP contribution in [0, 0.1) is 6.92 Å². The lowest BCUT2D eigenvalue weighted by atomic mass is 10.1. The number of imidazole rings is 1. The summed E-state index contributed by atoms with van der Waals surface area (Å²) < 4.78 is 2.16. The Hall–Kier alpha value is -3.48. The van der Waals surface area contributed by atoms with E-state index in [0.717, 1.165) is 35.4 Å². The van der Waals surface area contributed by atoms with Gasteiger partial charge in [-0.05, 0) is 43.2 Å². The van der Waals surface area contributed by atoms with Crippen molar-refractivity contribution in [3.63, 3.8) is 0 Å². The maximum atomic E-state index is 12.4. The molecule has 0 bridgehead atoms. The molecular weight excluding hydrogens is 380 g/mol. The van der Waals surface area contributed by atoms with E-state index < -0.39 is 0 Å². The third-order valence-electron chi connectivity index (χ3n) is 5.40. The van der Waals surface area contributed by atoms with Gasteiger partial charge in [0.25, 0.3) is 5.91 Å². The number of aromatic nitrogens is 2. The van der Waals surface area contributed by atoms with Gasteiger partial charge in [-0.15, -0.1) is 0 Å². The molecule has 7 nitrogen and oxygen atoms in total. The molecule has 154 valence electrons. The highest BCUT2D eigenvalue weighted by atomic mass is 16.2. The van der Waals surface area contributed by atoms with Crippen LogP contribution in [0.2, 0.25) is 0 Å². The summed E-state index contributed by atoms with van der Waals surface area (Å²) in [4.78, 5) is 41.7. The van der Waals surface area contributed by atoms with E-state index in [1.54, 1.807) is 24.3 Å². The van der Waals surface area contributed by atoms with E-state index in [1.807, 2.05) is 25.1 Å². The van der Waals surface area contributed by atoms with E-state index in [1.165, 1.54) is 4.90 Å². The molecule has 1 N–H and O–H groups in total. The van der Waals surface area contributed by atoms with Crippen LogP contribution in [0.25, 0.3) is 11.0 Å². The second-order valence-corrected chi connectivity index (χ2v) is 7.48. The Balaban J connectivity index is 1.28. The zero-order valence-corrected chi connectivity index (χ0v) is 16.9. The van der Waals surface area contributed by atoms with Gasteiger partial charge >= 0.3 is 0 Å². The third-order valence-corrected chi connectivity index (χ3v) is 5.40. The molecular formula is C23H24N4O3. The van der Waals surface area contributed by atoms with Gasteiger partial charge < -0.3 is 9.88 Å². The van der Waals surface area contributed by atoms with Crippen LogP contribution in [0.1, 0.15) is 41.0 Å². The second kappa shape index (κ2) is 8.49. The standard InChI is InChI=1S/C23H24N4O3/c1-16-25-19-5-2-3-6-20(19)26(16)14-4-13-24-23(30)18-9-7-17(8-10-18)15-27-21(28)11-12-22(27)29/h2-3,5-10H,4,11-15H2,1H3,(H,24,30). The van der Waals surface area contributed by atoms with Crippen molar-refractivity contribution in [3.8, 4) is 0 Å². The number of carbonyl (C=O) groups is 3. The summed E-state index contributed by atoms with van der Waals surface area (Å²) in [6.07, 6.45) is 1.37. The van der Waals surface area contributed by atoms with Crippen molar-refractivity contribution in [2.75, 3.05) is 6.54 Å². The smallest absolute Gasteiger partial charge is 0.251 e. The van der Waals surface area contributed by atoms with Gasteiger partial charge in [-0.2, -0.15) is 0 Å². The fourth-order valence-corrected chi connectivity index (χ4v) is 3.76. The number of likely N-dealkylation sites (tertiary alicyclic amines) is 1. The Morgan fingerprint density at radius 2 is 1.73 bits per heavy atom. The Labute approximate surface area is 174 Å². The minimum Gasteiger partial charge on any atom is -0.352 e. The number of benzene rings is 2. The van der Waals surface area contributed by atoms with Gasteiger partial charge in [-0.3, -0.25) is 19.3 Å². The maximum Gasteiger partial charge on any atom is 0.251 e. The van der Waals surface area contributed by atoms with Crippen LogP contribution in [-0.4, -0.2) is 38.7 Å². The average molecular weight is 404 g/mol. The average Bonchev–Trinajstić information content (AvgIpc) is 3.24. The van der Waals surface area contributed by atoms with E-state index in [9.17, 15) is 14.4 Å². The van der Waals surface area contributed by atoms with Crippen molar-refractivity contribution >= 4 is 28.8 Å². The zero-order valence-electron chi connectivity index (χ0n) is 16.9. The number of hydrogen-bond acceptors (Lipinski definition) is 4. The number of amides is 3. The topological polar surface area (TPSA) is 84.3 Å². The highest BCUT2D eigenvalue weighted by molar-refractivity contribution is 6.01. The lowest BCUT2D eigenvalue weighted by Gasteiger charge is -2.14. The number of rotatable bonds is 7. The number of aryl methyl sites for hydroxylation is 2. The first kappa shape index (κ1) is 19.8. The van der Waals surface area contributed by atoms with E-state index in [4.69, 9.17) is 0 Å². The number of nitrogens with one attached hydrogen (secondary N) is 1. The van der Waals surface area contributed by atoms with Crippen molar-refractivity contribution in [2.45, 2.75) is 39.3 Å². The Morgan fingerprint density at radius 3 is 2.47 bits per heavy atom. The van der Waals surface area contributed by atoms with E-state index >= 15 is 0 Å². The van der Waals surface area contributed by atoms with Crippen molar-refractivity contribution < 1.29 is 14.4 Å². The van der Waals surface area contributed by atoms with Crippen LogP contribution in [0.3, 0.4) is 0 Å². The number of para-hydroxylation sites is 2. The van der Waals surface area contributed by atoms with Gasteiger partial charge in [0.1, 0.15) is 5.82 Å². The molecule has 3 aromatic rings. The lowest BCUT2D eigenvalue weighted by molar-refractivity contribution is -0.139. The molecule has 1 aromatic heterocycles. The molecule has 7 heteroatoms. The predicted molar refractivity (Wildman–Crippen MR) is 113 cm³/mol. The SMILES string of the molecule is Cc1nc2ccccc2n1CCCNC(=O)c1ccc(CN2C(=O)CCC2=O)cc1. The molecule has 1 aliphatic rings. The maximum absolute atomic E-state index is 12.4. The van der Waals surface area contributed by atoms with E-state index in [0.29, 0.717) is 12.1 Å². The molecule has 0 aliphatic carbocycles. The Bertz CT molecular complexity index is 1090. The highest BCUT2D eigenvalue weighted by Crippen LogP contribution is 2.17. The quantitative estimate of drug-likeness (QED) is 0.485. The normalized spacial score (nSPS) is 14.0. The molecule has 0 radical (unpaired) electrons. The predicted octanol–water partition coefficient (Wildman–Crippen LogP) is 2.81. The van der Waals surface area contributed by atoms with Gasteiger partial charge in [0, 0.05) is 31.5 Å². The summed E-state index contributed by atoms with van der Waals surface area (Å²) in [6.45, 7) is 3.59. The molecule has 2 heterocycles. The number of imide groups is 1. The monoisotopic (exact) mass is 404 g/mol. The fourth-order valence-electron chi connectivity index (χ4n) is 3.76. The summed E-state index contributed by atoms with van der Waals surface area (Å²) in [5.74, 6) is 0.556. The summed E-state index contributed by atoms with van der Waals surface area (Å²) >= 11 is 0. The molecule has 1 saturated heterocycles. The molecule has 1 aliphatic heterocycles. The first-order valence-electron chi connectivity index (χ1n) is 10.1. The van der Waals surface area contributed by atoms with Crippen LogP contribution in [-0.2, 0) is 22.7 Å². The van der Waals surface area contributed by atoms with Gasteiger partial charge in [0.05, 0.1) is 17.6 Å². The second-order valence-electron chi connectivity index (χ2n) is 7.48. The van der Waals surface area contributed by atoms with Crippen LogP contribution in [0.15, 0.2) is 48.5 Å². The van der Waals surface area contributed by atoms with Crippen LogP contribution >= 0.6 is 0 Å². The van der Waals surface area contributed by atoms with Crippen LogP contribution in [0.5, 0.6) is 0 Å². The van der Waals surface area contributed by atoms with Crippen molar-refractivity contribution in [2.24, 2.45) is 0 Å². The van der Waals surface area contributed by atoms with Crippen molar-refractivity contribution in [3.05, 3.63) is 65.5 Å². The third kappa shape index (κ3) is 4.10. The van der Waals surface area contributed by atoms with E-state index in [-0.39, 0.29) is 37.1 Å². The summed E-state index contributed by atoms with van der Waals surface area (Å²) in [6, 6.07) is 15.1. The molecule has 3 amide bonds. The lowest BCUT2D eigenvalue weighted by Crippen LogP contribution is -2.28. The summed E-state index contributed by atoms with van der Waals surface area (Å²) in [7, 11) is 0. The minimum absolute atomic E-state index is 0.136. The van der Waals surface area contributed by atoms with Gasteiger partial charge in [-0.25, -0.2) is 4.98 Å². The Kier molecular flexibility index (Phi) is 5.61.